The van der Waals surface area contributed by atoms with Crippen LogP contribution < -0.4 is 4.74 Å². The van der Waals surface area contributed by atoms with E-state index in [9.17, 15) is 30.7 Å². The molecule has 3 aromatic carbocycles. The molecule has 170 valence electrons. The molecule has 0 unspecified atom stereocenters. The van der Waals surface area contributed by atoms with Crippen molar-refractivity contribution < 1.29 is 35.5 Å². The Morgan fingerprint density at radius 1 is 0.688 bits per heavy atom. The number of benzene rings is 3. The van der Waals surface area contributed by atoms with Gasteiger partial charge in [0.05, 0.1) is 5.56 Å². The number of rotatable bonds is 4. The van der Waals surface area contributed by atoms with Gasteiger partial charge in [-0.25, -0.2) is 8.78 Å². The summed E-state index contributed by atoms with van der Waals surface area (Å²) in [6.45, 7) is 7.18. The molecule has 0 saturated heterocycles. The second-order valence-electron chi connectivity index (χ2n) is 7.68. The van der Waals surface area contributed by atoms with E-state index in [1.54, 1.807) is 0 Å². The zero-order chi connectivity index (χ0) is 24.0. The second kappa shape index (κ2) is 8.15. The van der Waals surface area contributed by atoms with Crippen molar-refractivity contribution >= 4 is 0 Å². The molecule has 0 fully saturated rings. The lowest BCUT2D eigenvalue weighted by molar-refractivity contribution is -0.186. The first kappa shape index (κ1) is 23.6. The summed E-state index contributed by atoms with van der Waals surface area (Å²) in [4.78, 5) is 0. The normalized spacial score (nSPS) is 12.2. The number of hydrogen-bond acceptors (Lipinski definition) is 1. The Morgan fingerprint density at radius 3 is 1.69 bits per heavy atom. The third-order valence-electron chi connectivity index (χ3n) is 5.05. The molecule has 8 heteroatoms. The SMILES string of the molecule is Cc1cc(C)c(-c2ccc(C(F)(F)Oc3cc(F)c(C(F)(F)F)c(F)c3)c(C)c2)c(C)c1. The number of alkyl halides is 5. The highest BCUT2D eigenvalue weighted by Crippen LogP contribution is 2.39. The van der Waals surface area contributed by atoms with Gasteiger partial charge in [0, 0.05) is 12.1 Å². The van der Waals surface area contributed by atoms with E-state index in [1.807, 2.05) is 32.9 Å². The molecule has 0 N–H and O–H groups in total. The quantitative estimate of drug-likeness (QED) is 0.361. The highest BCUT2D eigenvalue weighted by Gasteiger charge is 2.40. The maximum Gasteiger partial charge on any atom is 0.426 e. The van der Waals surface area contributed by atoms with Gasteiger partial charge in [0.1, 0.15) is 22.9 Å². The Balaban J connectivity index is 1.97. The Kier molecular flexibility index (Phi) is 6.02. The molecule has 0 aromatic heterocycles. The van der Waals surface area contributed by atoms with Crippen molar-refractivity contribution in [3.63, 3.8) is 0 Å². The van der Waals surface area contributed by atoms with Crippen LogP contribution in [0.1, 0.15) is 33.4 Å². The number of ether oxygens (including phenoxy) is 1. The third kappa shape index (κ3) is 4.59. The van der Waals surface area contributed by atoms with Gasteiger partial charge in [0.2, 0.25) is 0 Å². The zero-order valence-electron chi connectivity index (χ0n) is 17.6. The second-order valence-corrected chi connectivity index (χ2v) is 7.68. The van der Waals surface area contributed by atoms with E-state index in [0.717, 1.165) is 28.3 Å². The van der Waals surface area contributed by atoms with Crippen LogP contribution in [0.5, 0.6) is 5.75 Å². The first-order valence-corrected chi connectivity index (χ1v) is 9.53. The largest absolute Gasteiger partial charge is 0.429 e. The molecule has 32 heavy (non-hydrogen) atoms. The number of hydrogen-bond donors (Lipinski definition) is 0. The van der Waals surface area contributed by atoms with E-state index in [-0.39, 0.29) is 17.7 Å². The molecule has 0 bridgehead atoms. The standard InChI is InChI=1S/C24H19F7O/c1-12-7-14(3)21(15(4)8-12)16-5-6-18(13(2)9-16)24(30,31)32-17-10-19(25)22(20(26)11-17)23(27,28)29/h5-11H,1-4H3. The summed E-state index contributed by atoms with van der Waals surface area (Å²) in [5.74, 6) is -5.15. The Labute approximate surface area is 180 Å². The van der Waals surface area contributed by atoms with E-state index < -0.39 is 40.8 Å². The Bertz CT molecular complexity index is 1130. The molecule has 0 saturated carbocycles. The van der Waals surface area contributed by atoms with Crippen molar-refractivity contribution in [1.82, 2.24) is 0 Å². The smallest absolute Gasteiger partial charge is 0.426 e. The first-order chi connectivity index (χ1) is 14.7. The summed E-state index contributed by atoms with van der Waals surface area (Å²) in [5, 5.41) is 0. The minimum atomic E-state index is -5.31. The van der Waals surface area contributed by atoms with Crippen molar-refractivity contribution in [2.24, 2.45) is 0 Å². The van der Waals surface area contributed by atoms with Crippen LogP contribution in [0, 0.1) is 39.3 Å². The lowest BCUT2D eigenvalue weighted by Gasteiger charge is -2.22. The summed E-state index contributed by atoms with van der Waals surface area (Å²) >= 11 is 0. The summed E-state index contributed by atoms with van der Waals surface area (Å²) in [7, 11) is 0. The summed E-state index contributed by atoms with van der Waals surface area (Å²) in [6, 6.07) is 8.24. The van der Waals surface area contributed by atoms with E-state index in [0.29, 0.717) is 5.56 Å². The number of aryl methyl sites for hydroxylation is 4. The molecule has 3 rings (SSSR count). The molecule has 0 amide bonds. The van der Waals surface area contributed by atoms with Gasteiger partial charge in [0.25, 0.3) is 0 Å². The molecule has 0 heterocycles. The first-order valence-electron chi connectivity index (χ1n) is 9.53. The third-order valence-corrected chi connectivity index (χ3v) is 5.05. The zero-order valence-corrected chi connectivity index (χ0v) is 17.6. The minimum absolute atomic E-state index is 0.0859. The molecule has 0 radical (unpaired) electrons. The fourth-order valence-electron chi connectivity index (χ4n) is 3.86. The lowest BCUT2D eigenvalue weighted by atomic mass is 9.92. The highest BCUT2D eigenvalue weighted by molar-refractivity contribution is 5.72. The minimum Gasteiger partial charge on any atom is -0.429 e. The van der Waals surface area contributed by atoms with Gasteiger partial charge in [-0.3, -0.25) is 0 Å². The fourth-order valence-corrected chi connectivity index (χ4v) is 3.86. The van der Waals surface area contributed by atoms with Gasteiger partial charge in [-0.05, 0) is 61.6 Å². The monoisotopic (exact) mass is 456 g/mol. The van der Waals surface area contributed by atoms with Gasteiger partial charge in [0.15, 0.2) is 0 Å². The van der Waals surface area contributed by atoms with Crippen LogP contribution in [0.2, 0.25) is 0 Å². The predicted octanol–water partition coefficient (Wildman–Crippen LogP) is 8.01. The molecule has 1 nitrogen and oxygen atoms in total. The van der Waals surface area contributed by atoms with Gasteiger partial charge >= 0.3 is 12.3 Å². The molecule has 3 aromatic rings. The number of halogens is 7. The summed E-state index contributed by atoms with van der Waals surface area (Å²) < 4.78 is 99.4. The molecular formula is C24H19F7O. The van der Waals surface area contributed by atoms with E-state index in [2.05, 4.69) is 4.74 Å². The topological polar surface area (TPSA) is 9.23 Å². The van der Waals surface area contributed by atoms with Crippen molar-refractivity contribution in [2.45, 2.75) is 40.0 Å². The van der Waals surface area contributed by atoms with Crippen molar-refractivity contribution in [2.75, 3.05) is 0 Å². The van der Waals surface area contributed by atoms with E-state index in [4.69, 9.17) is 0 Å². The fraction of sp³-hybridized carbons (Fsp3) is 0.250. The molecule has 0 atom stereocenters. The summed E-state index contributed by atoms with van der Waals surface area (Å²) in [6.07, 6.45) is -9.35. The highest BCUT2D eigenvalue weighted by atomic mass is 19.4. The molecule has 0 aliphatic carbocycles. The van der Waals surface area contributed by atoms with Gasteiger partial charge in [-0.1, -0.05) is 29.8 Å². The van der Waals surface area contributed by atoms with Gasteiger partial charge < -0.3 is 4.74 Å². The summed E-state index contributed by atoms with van der Waals surface area (Å²) in [5.41, 5.74) is 1.97. The average Bonchev–Trinajstić information content (AvgIpc) is 2.58. The van der Waals surface area contributed by atoms with E-state index in [1.165, 1.54) is 19.1 Å². The average molecular weight is 456 g/mol. The Hall–Kier alpha value is -3.03. The van der Waals surface area contributed by atoms with Crippen LogP contribution in [0.15, 0.2) is 42.5 Å². The van der Waals surface area contributed by atoms with E-state index >= 15 is 0 Å². The molecule has 0 aliphatic rings. The molecule has 0 aliphatic heterocycles. The van der Waals surface area contributed by atoms with Crippen LogP contribution in [-0.2, 0) is 12.3 Å². The van der Waals surface area contributed by atoms with Crippen LogP contribution >= 0.6 is 0 Å². The van der Waals surface area contributed by atoms with Crippen molar-refractivity contribution in [1.29, 1.82) is 0 Å². The van der Waals surface area contributed by atoms with Crippen molar-refractivity contribution in [3.8, 4) is 16.9 Å². The van der Waals surface area contributed by atoms with Gasteiger partial charge in [-0.2, -0.15) is 22.0 Å². The molecular weight excluding hydrogens is 437 g/mol. The van der Waals surface area contributed by atoms with Crippen LogP contribution in [0.3, 0.4) is 0 Å². The van der Waals surface area contributed by atoms with Crippen molar-refractivity contribution in [3.05, 3.63) is 87.5 Å². The van der Waals surface area contributed by atoms with Gasteiger partial charge in [-0.15, -0.1) is 0 Å². The maximum absolute atomic E-state index is 14.8. The lowest BCUT2D eigenvalue weighted by Crippen LogP contribution is -2.23. The Morgan fingerprint density at radius 2 is 1.22 bits per heavy atom. The van der Waals surface area contributed by atoms with Crippen LogP contribution in [0.25, 0.3) is 11.1 Å². The molecule has 0 spiro atoms. The maximum atomic E-state index is 14.8. The predicted molar refractivity (Wildman–Crippen MR) is 107 cm³/mol. The van der Waals surface area contributed by atoms with Crippen LogP contribution in [0.4, 0.5) is 30.7 Å². The van der Waals surface area contributed by atoms with Crippen LogP contribution in [-0.4, -0.2) is 0 Å².